The molecule has 66 valence electrons. The minimum atomic E-state index is -1.06. The summed E-state index contributed by atoms with van der Waals surface area (Å²) in [5, 5.41) is 9.96. The molecule has 0 saturated heterocycles. The van der Waals surface area contributed by atoms with Gasteiger partial charge >= 0.3 is 0 Å². The molecule has 3 rings (SSSR count). The van der Waals surface area contributed by atoms with Gasteiger partial charge in [0, 0.05) is 5.41 Å². The van der Waals surface area contributed by atoms with Gasteiger partial charge < -0.3 is 5.11 Å². The number of carbonyl (C=O) groups excluding carboxylic acids is 1. The third kappa shape index (κ3) is 0.589. The van der Waals surface area contributed by atoms with Crippen LogP contribution in [0.4, 0.5) is 0 Å². The molecule has 0 radical (unpaired) electrons. The maximum absolute atomic E-state index is 11.5. The number of carbonyl (C=O) groups is 1. The van der Waals surface area contributed by atoms with E-state index in [4.69, 9.17) is 0 Å². The number of aliphatic hydroxyl groups is 1. The van der Waals surface area contributed by atoms with Crippen molar-refractivity contribution in [1.82, 2.24) is 0 Å². The van der Waals surface area contributed by atoms with Gasteiger partial charge in [0.15, 0.2) is 5.78 Å². The Bertz CT molecular complexity index is 288. The van der Waals surface area contributed by atoms with E-state index in [2.05, 4.69) is 0 Å². The predicted molar refractivity (Wildman–Crippen MR) is 45.6 cm³/mol. The van der Waals surface area contributed by atoms with Crippen LogP contribution in [0.2, 0.25) is 0 Å². The van der Waals surface area contributed by atoms with Crippen molar-refractivity contribution in [2.45, 2.75) is 32.8 Å². The average Bonchev–Trinajstić information content (AvgIpc) is 1.96. The van der Waals surface area contributed by atoms with Crippen molar-refractivity contribution in [2.75, 3.05) is 0 Å². The maximum Gasteiger partial charge on any atom is 0.187 e. The minimum absolute atomic E-state index is 0.104. The normalized spacial score (nSPS) is 43.5. The van der Waals surface area contributed by atoms with Crippen molar-refractivity contribution in [3.8, 4) is 0 Å². The summed E-state index contributed by atoms with van der Waals surface area (Å²) in [5.74, 6) is 0.299. The SMILES string of the molecule is CC1=CC(=O)C2(O)CC1C2(C)C. The van der Waals surface area contributed by atoms with Gasteiger partial charge in [-0.25, -0.2) is 0 Å². The lowest BCUT2D eigenvalue weighted by molar-refractivity contribution is -0.192. The van der Waals surface area contributed by atoms with E-state index in [1.54, 1.807) is 6.08 Å². The average molecular weight is 166 g/mol. The molecule has 1 saturated carbocycles. The molecular formula is C10H14O2. The smallest absolute Gasteiger partial charge is 0.187 e. The summed E-state index contributed by atoms with van der Waals surface area (Å²) in [4.78, 5) is 11.5. The molecule has 1 N–H and O–H groups in total. The van der Waals surface area contributed by atoms with Crippen molar-refractivity contribution in [1.29, 1.82) is 0 Å². The molecule has 0 aliphatic heterocycles. The molecule has 0 aromatic heterocycles. The topological polar surface area (TPSA) is 37.3 Å². The van der Waals surface area contributed by atoms with E-state index in [0.717, 1.165) is 5.57 Å². The highest BCUT2D eigenvalue weighted by atomic mass is 16.3. The molecule has 0 heterocycles. The molecule has 0 aromatic rings. The second-order valence-electron chi connectivity index (χ2n) is 4.59. The zero-order chi connectivity index (χ0) is 9.15. The van der Waals surface area contributed by atoms with Gasteiger partial charge in [0.25, 0.3) is 0 Å². The third-order valence-electron chi connectivity index (χ3n) is 3.75. The van der Waals surface area contributed by atoms with Gasteiger partial charge in [-0.2, -0.15) is 0 Å². The molecule has 2 heteroatoms. The fourth-order valence-electron chi connectivity index (χ4n) is 2.55. The molecule has 3 aliphatic rings. The van der Waals surface area contributed by atoms with E-state index in [0.29, 0.717) is 12.3 Å². The van der Waals surface area contributed by atoms with Crippen molar-refractivity contribution in [3.05, 3.63) is 11.6 Å². The monoisotopic (exact) mass is 166 g/mol. The van der Waals surface area contributed by atoms with E-state index in [9.17, 15) is 9.90 Å². The summed E-state index contributed by atoms with van der Waals surface area (Å²) in [6.45, 7) is 5.91. The van der Waals surface area contributed by atoms with E-state index in [-0.39, 0.29) is 11.2 Å². The molecule has 2 bridgehead atoms. The summed E-state index contributed by atoms with van der Waals surface area (Å²) in [7, 11) is 0. The summed E-state index contributed by atoms with van der Waals surface area (Å²) < 4.78 is 0. The molecule has 2 atom stereocenters. The molecule has 0 spiro atoms. The van der Waals surface area contributed by atoms with Crippen LogP contribution in [0.3, 0.4) is 0 Å². The lowest BCUT2D eigenvalue weighted by Gasteiger charge is -2.60. The molecular weight excluding hydrogens is 152 g/mol. The minimum Gasteiger partial charge on any atom is -0.381 e. The quantitative estimate of drug-likeness (QED) is 0.588. The van der Waals surface area contributed by atoms with E-state index < -0.39 is 5.60 Å². The molecule has 2 nitrogen and oxygen atoms in total. The van der Waals surface area contributed by atoms with Crippen LogP contribution in [0.1, 0.15) is 27.2 Å². The Morgan fingerprint density at radius 3 is 2.58 bits per heavy atom. The van der Waals surface area contributed by atoms with E-state index in [1.165, 1.54) is 0 Å². The van der Waals surface area contributed by atoms with Gasteiger partial charge in [0.2, 0.25) is 0 Å². The number of fused-ring (bicyclic) bond motifs is 1. The van der Waals surface area contributed by atoms with Crippen molar-refractivity contribution in [3.63, 3.8) is 0 Å². The highest BCUT2D eigenvalue weighted by Crippen LogP contribution is 2.60. The summed E-state index contributed by atoms with van der Waals surface area (Å²) in [6.07, 6.45) is 2.22. The Labute approximate surface area is 72.3 Å². The van der Waals surface area contributed by atoms with Crippen LogP contribution >= 0.6 is 0 Å². The first-order chi connectivity index (χ1) is 5.39. The second-order valence-corrected chi connectivity index (χ2v) is 4.59. The first kappa shape index (κ1) is 7.99. The lowest BCUT2D eigenvalue weighted by atomic mass is 9.46. The van der Waals surface area contributed by atoms with Gasteiger partial charge in [-0.1, -0.05) is 19.4 Å². The van der Waals surface area contributed by atoms with E-state index in [1.807, 2.05) is 20.8 Å². The van der Waals surface area contributed by atoms with Gasteiger partial charge in [-0.15, -0.1) is 0 Å². The van der Waals surface area contributed by atoms with Crippen LogP contribution in [0.25, 0.3) is 0 Å². The predicted octanol–water partition coefficient (Wildman–Crippen LogP) is 1.29. The number of hydrogen-bond donors (Lipinski definition) is 1. The van der Waals surface area contributed by atoms with Crippen LogP contribution in [0.5, 0.6) is 0 Å². The Hall–Kier alpha value is -0.630. The zero-order valence-corrected chi connectivity index (χ0v) is 7.72. The summed E-state index contributed by atoms with van der Waals surface area (Å²) >= 11 is 0. The Morgan fingerprint density at radius 2 is 2.17 bits per heavy atom. The lowest BCUT2D eigenvalue weighted by Crippen LogP contribution is -2.67. The Balaban J connectivity index is 2.51. The molecule has 12 heavy (non-hydrogen) atoms. The van der Waals surface area contributed by atoms with Gasteiger partial charge in [-0.3, -0.25) is 4.79 Å². The Kier molecular flexibility index (Phi) is 1.21. The molecule has 1 fully saturated rings. The molecule has 2 unspecified atom stereocenters. The fraction of sp³-hybridized carbons (Fsp3) is 0.700. The van der Waals surface area contributed by atoms with Gasteiger partial charge in [0.1, 0.15) is 5.60 Å². The highest BCUT2D eigenvalue weighted by Gasteiger charge is 2.65. The molecule has 0 amide bonds. The second kappa shape index (κ2) is 1.82. The first-order valence-corrected chi connectivity index (χ1v) is 4.34. The largest absolute Gasteiger partial charge is 0.381 e. The number of ketones is 1. The van der Waals surface area contributed by atoms with E-state index >= 15 is 0 Å². The summed E-state index contributed by atoms with van der Waals surface area (Å²) in [6, 6.07) is 0. The standard InChI is InChI=1S/C10H14O2/c1-6-4-8(11)10(12)5-7(6)9(10,2)3/h4,7,12H,5H2,1-3H3. The highest BCUT2D eigenvalue weighted by molar-refractivity contribution is 6.01. The van der Waals surface area contributed by atoms with Gasteiger partial charge in [-0.05, 0) is 25.3 Å². The summed E-state index contributed by atoms with van der Waals surface area (Å²) in [5.41, 5.74) is -0.180. The molecule has 0 aromatic carbocycles. The van der Waals surface area contributed by atoms with Crippen molar-refractivity contribution < 1.29 is 9.90 Å². The van der Waals surface area contributed by atoms with Crippen molar-refractivity contribution in [2.24, 2.45) is 11.3 Å². The number of hydrogen-bond acceptors (Lipinski definition) is 2. The van der Waals surface area contributed by atoms with Crippen molar-refractivity contribution >= 4 is 5.78 Å². The molecule has 3 aliphatic carbocycles. The number of allylic oxidation sites excluding steroid dienone is 1. The van der Waals surface area contributed by atoms with Crippen LogP contribution in [0.15, 0.2) is 11.6 Å². The fourth-order valence-corrected chi connectivity index (χ4v) is 2.55. The maximum atomic E-state index is 11.5. The van der Waals surface area contributed by atoms with Crippen LogP contribution in [0, 0.1) is 11.3 Å². The third-order valence-corrected chi connectivity index (χ3v) is 3.75. The number of rotatable bonds is 0. The van der Waals surface area contributed by atoms with Gasteiger partial charge in [0.05, 0.1) is 0 Å². The zero-order valence-electron chi connectivity index (χ0n) is 7.72. The van der Waals surface area contributed by atoms with Crippen LogP contribution < -0.4 is 0 Å². The van der Waals surface area contributed by atoms with Crippen LogP contribution in [-0.2, 0) is 4.79 Å². The first-order valence-electron chi connectivity index (χ1n) is 4.34. The Morgan fingerprint density at radius 1 is 1.58 bits per heavy atom. The van der Waals surface area contributed by atoms with Crippen LogP contribution in [-0.4, -0.2) is 16.5 Å².